The molecule has 5 nitrogen and oxygen atoms in total. The number of aliphatic imine (C=N–C) groups is 2. The number of para-hydroxylation sites is 4. The molecule has 0 aliphatic carbocycles. The van der Waals surface area contributed by atoms with Crippen molar-refractivity contribution in [1.82, 2.24) is 8.97 Å². The molecule has 0 N–H and O–H groups in total. The molecule has 12 aromatic rings. The maximum atomic E-state index is 6.60. The first-order chi connectivity index (χ1) is 27.8. The number of benzene rings is 8. The van der Waals surface area contributed by atoms with Crippen LogP contribution >= 0.6 is 0 Å². The first-order valence-corrected chi connectivity index (χ1v) is 19.3. The zero-order valence-corrected chi connectivity index (χ0v) is 31.1. The molecule has 0 spiro atoms. The van der Waals surface area contributed by atoms with Crippen molar-refractivity contribution in [2.24, 2.45) is 9.98 Å². The van der Waals surface area contributed by atoms with E-state index in [-0.39, 0.29) is 0 Å². The van der Waals surface area contributed by atoms with E-state index in [9.17, 15) is 0 Å². The molecule has 0 saturated heterocycles. The molecule has 0 aliphatic rings. The van der Waals surface area contributed by atoms with E-state index < -0.39 is 0 Å². The van der Waals surface area contributed by atoms with Gasteiger partial charge in [-0.25, -0.2) is 0 Å². The van der Waals surface area contributed by atoms with Crippen LogP contribution in [0.4, 0.5) is 5.69 Å². The third-order valence-corrected chi connectivity index (χ3v) is 11.5. The van der Waals surface area contributed by atoms with Crippen LogP contribution in [0.25, 0.3) is 92.4 Å². The Hall–Kier alpha value is -7.24. The van der Waals surface area contributed by atoms with Crippen LogP contribution in [0.3, 0.4) is 0 Å². The number of nitrogens with zero attached hydrogens (tertiary/aromatic N) is 4. The van der Waals surface area contributed by atoms with Gasteiger partial charge >= 0.3 is 0 Å². The second-order valence-corrected chi connectivity index (χ2v) is 14.2. The summed E-state index contributed by atoms with van der Waals surface area (Å²) in [5.74, 6) is 0.620. The monoisotopic (exact) mass is 720 g/mol. The summed E-state index contributed by atoms with van der Waals surface area (Å²) in [6, 6.07) is 56.3. The van der Waals surface area contributed by atoms with Gasteiger partial charge in [-0.3, -0.25) is 9.98 Å². The van der Waals surface area contributed by atoms with Crippen LogP contribution in [0.1, 0.15) is 25.2 Å². The van der Waals surface area contributed by atoms with Crippen molar-refractivity contribution >= 4 is 111 Å². The summed E-state index contributed by atoms with van der Waals surface area (Å²) < 4.78 is 11.4. The van der Waals surface area contributed by atoms with E-state index in [1.165, 1.54) is 59.6 Å². The molecule has 0 saturated carbocycles. The Kier molecular flexibility index (Phi) is 7.13. The summed E-state index contributed by atoms with van der Waals surface area (Å²) in [7, 11) is 0. The second-order valence-electron chi connectivity index (χ2n) is 14.2. The van der Waals surface area contributed by atoms with Crippen LogP contribution in [0.15, 0.2) is 172 Å². The molecule has 5 heteroatoms. The van der Waals surface area contributed by atoms with Gasteiger partial charge in [0.1, 0.15) is 23.7 Å². The Balaban J connectivity index is 0.00000179. The maximum Gasteiger partial charge on any atom is 0.179 e. The molecule has 0 amide bonds. The standard InChI is InChI=1S/C49H30N4O.C2H6/c1-50-46-37-17-6-9-23-44(37)54-49(46)47(33-18-10-13-29-12-2-3-14-31(29)33)51-28-52-40-21-7-5-16-36(40)45-38-27-39-35-20-11-19-34-32-15-4-8-22-41(32)53(48(34)35)43(39)26-30(38)24-25-42(45)52;1-2/h2-27H,1,28H2;1-2H3/b51-47-;. The number of furan rings is 1. The third kappa shape index (κ3) is 4.42. The van der Waals surface area contributed by atoms with Crippen LogP contribution in [-0.4, -0.2) is 21.4 Å². The number of aromatic nitrogens is 2. The minimum absolute atomic E-state index is 0.378. The molecule has 0 fully saturated rings. The molecular formula is C51H36N4O. The van der Waals surface area contributed by atoms with Crippen molar-refractivity contribution in [1.29, 1.82) is 0 Å². The van der Waals surface area contributed by atoms with E-state index >= 15 is 0 Å². The van der Waals surface area contributed by atoms with Gasteiger partial charge < -0.3 is 13.4 Å². The molecule has 4 heterocycles. The minimum Gasteiger partial charge on any atom is -0.452 e. The molecule has 4 aromatic heterocycles. The molecule has 0 radical (unpaired) electrons. The second kappa shape index (κ2) is 12.4. The van der Waals surface area contributed by atoms with E-state index in [1.807, 2.05) is 38.1 Å². The SMILES string of the molecule is C=Nc1c(/C(=N\Cn2c3ccccc3c3c4cc5c6cccc7c8ccccc8n(c5cc4ccc32)c76)c2cccc3ccccc23)oc2ccccc12.CC. The predicted octanol–water partition coefficient (Wildman–Crippen LogP) is 13.9. The van der Waals surface area contributed by atoms with Gasteiger partial charge in [-0.1, -0.05) is 129 Å². The third-order valence-electron chi connectivity index (χ3n) is 11.5. The van der Waals surface area contributed by atoms with Crippen LogP contribution in [0.2, 0.25) is 0 Å². The first-order valence-electron chi connectivity index (χ1n) is 19.3. The Morgan fingerprint density at radius 2 is 1.20 bits per heavy atom. The van der Waals surface area contributed by atoms with Gasteiger partial charge in [-0.15, -0.1) is 0 Å². The highest BCUT2D eigenvalue weighted by molar-refractivity contribution is 6.28. The predicted molar refractivity (Wildman–Crippen MR) is 238 cm³/mol. The Labute approximate surface area is 322 Å². The summed E-state index contributed by atoms with van der Waals surface area (Å²) in [5.41, 5.74) is 9.24. The molecule has 0 atom stereocenters. The summed E-state index contributed by atoms with van der Waals surface area (Å²) in [6.07, 6.45) is 0. The summed E-state index contributed by atoms with van der Waals surface area (Å²) in [4.78, 5) is 9.97. The molecule has 12 rings (SSSR count). The summed E-state index contributed by atoms with van der Waals surface area (Å²) >= 11 is 0. The highest BCUT2D eigenvalue weighted by atomic mass is 16.3. The summed E-state index contributed by atoms with van der Waals surface area (Å²) in [5, 5.41) is 13.2. The van der Waals surface area contributed by atoms with Gasteiger partial charge in [0.2, 0.25) is 0 Å². The number of fused-ring (bicyclic) bond motifs is 13. The highest BCUT2D eigenvalue weighted by Gasteiger charge is 2.23. The number of hydrogen-bond donors (Lipinski definition) is 0. The number of rotatable bonds is 5. The van der Waals surface area contributed by atoms with E-state index in [4.69, 9.17) is 9.41 Å². The topological polar surface area (TPSA) is 47.2 Å². The lowest BCUT2D eigenvalue weighted by Gasteiger charge is -2.11. The van der Waals surface area contributed by atoms with Crippen molar-refractivity contribution in [2.75, 3.05) is 0 Å². The average Bonchev–Trinajstić information content (AvgIpc) is 3.99. The lowest BCUT2D eigenvalue weighted by atomic mass is 9.99. The summed E-state index contributed by atoms with van der Waals surface area (Å²) in [6.45, 7) is 8.34. The Bertz CT molecular complexity index is 3550. The van der Waals surface area contributed by atoms with Crippen molar-refractivity contribution in [3.05, 3.63) is 169 Å². The van der Waals surface area contributed by atoms with Crippen LogP contribution in [0, 0.1) is 0 Å². The normalized spacial score (nSPS) is 12.4. The smallest absolute Gasteiger partial charge is 0.179 e. The lowest BCUT2D eigenvalue weighted by Crippen LogP contribution is -2.07. The lowest BCUT2D eigenvalue weighted by molar-refractivity contribution is 0.604. The van der Waals surface area contributed by atoms with Gasteiger partial charge in [-0.2, -0.15) is 0 Å². The fraction of sp³-hybridized carbons (Fsp3) is 0.0588. The van der Waals surface area contributed by atoms with E-state index in [1.54, 1.807) is 0 Å². The largest absolute Gasteiger partial charge is 0.452 e. The van der Waals surface area contributed by atoms with Crippen molar-refractivity contribution in [2.45, 2.75) is 20.5 Å². The van der Waals surface area contributed by atoms with Gasteiger partial charge in [0.05, 0.1) is 27.6 Å². The zero-order valence-electron chi connectivity index (χ0n) is 31.1. The molecular weight excluding hydrogens is 685 g/mol. The average molecular weight is 721 g/mol. The number of hydrogen-bond acceptors (Lipinski definition) is 3. The molecule has 266 valence electrons. The van der Waals surface area contributed by atoms with Gasteiger partial charge in [0.15, 0.2) is 5.76 Å². The van der Waals surface area contributed by atoms with E-state index in [0.717, 1.165) is 44.1 Å². The fourth-order valence-corrected chi connectivity index (χ4v) is 9.15. The molecule has 56 heavy (non-hydrogen) atoms. The van der Waals surface area contributed by atoms with Crippen molar-refractivity contribution in [3.63, 3.8) is 0 Å². The fourth-order valence-electron chi connectivity index (χ4n) is 9.15. The van der Waals surface area contributed by atoms with E-state index in [0.29, 0.717) is 18.1 Å². The van der Waals surface area contributed by atoms with Crippen molar-refractivity contribution in [3.8, 4) is 0 Å². The van der Waals surface area contributed by atoms with Gasteiger partial charge in [-0.05, 0) is 70.7 Å². The van der Waals surface area contributed by atoms with Crippen LogP contribution in [0.5, 0.6) is 0 Å². The van der Waals surface area contributed by atoms with E-state index in [2.05, 4.69) is 154 Å². The quantitative estimate of drug-likeness (QED) is 0.163. The Morgan fingerprint density at radius 3 is 2.04 bits per heavy atom. The molecule has 0 unspecified atom stereocenters. The van der Waals surface area contributed by atoms with Gasteiger partial charge in [0.25, 0.3) is 0 Å². The maximum absolute atomic E-state index is 6.60. The van der Waals surface area contributed by atoms with Gasteiger partial charge in [0, 0.05) is 43.3 Å². The molecule has 8 aromatic carbocycles. The highest BCUT2D eigenvalue weighted by Crippen LogP contribution is 2.43. The Morgan fingerprint density at radius 1 is 0.536 bits per heavy atom. The molecule has 0 aliphatic heterocycles. The van der Waals surface area contributed by atoms with Crippen LogP contribution in [-0.2, 0) is 6.67 Å². The van der Waals surface area contributed by atoms with Crippen LogP contribution < -0.4 is 0 Å². The molecule has 0 bridgehead atoms. The first kappa shape index (κ1) is 32.2. The minimum atomic E-state index is 0.378. The van der Waals surface area contributed by atoms with Crippen molar-refractivity contribution < 1.29 is 4.42 Å². The zero-order chi connectivity index (χ0) is 37.5.